The molecule has 25 heavy (non-hydrogen) atoms. The molecule has 1 aliphatic rings. The van der Waals surface area contributed by atoms with E-state index < -0.39 is 0 Å². The molecule has 0 radical (unpaired) electrons. The number of carbonyl (C=O) groups excluding carboxylic acids is 4. The van der Waals surface area contributed by atoms with Gasteiger partial charge in [-0.05, 0) is 42.8 Å². The maximum atomic E-state index is 12.4. The van der Waals surface area contributed by atoms with E-state index >= 15 is 0 Å². The lowest BCUT2D eigenvalue weighted by Gasteiger charge is -2.11. The monoisotopic (exact) mass is 337 g/mol. The Kier molecular flexibility index (Phi) is 4.43. The number of hydrogen-bond donors (Lipinski definition) is 0. The second kappa shape index (κ2) is 6.68. The van der Waals surface area contributed by atoms with Gasteiger partial charge in [0.05, 0.1) is 11.1 Å². The molecule has 6 nitrogen and oxygen atoms in total. The molecule has 1 heterocycles. The molecule has 0 fully saturated rings. The van der Waals surface area contributed by atoms with Crippen molar-refractivity contribution in [1.82, 2.24) is 4.90 Å². The summed E-state index contributed by atoms with van der Waals surface area (Å²) in [5, 5.41) is 0. The predicted molar refractivity (Wildman–Crippen MR) is 89.4 cm³/mol. The van der Waals surface area contributed by atoms with Gasteiger partial charge in [-0.3, -0.25) is 24.1 Å². The molecule has 0 spiro atoms. The van der Waals surface area contributed by atoms with Gasteiger partial charge in [0.2, 0.25) is 0 Å². The summed E-state index contributed by atoms with van der Waals surface area (Å²) in [4.78, 5) is 47.7. The van der Waals surface area contributed by atoms with Crippen LogP contribution in [-0.4, -0.2) is 35.8 Å². The third-order valence-corrected chi connectivity index (χ3v) is 3.94. The molecule has 0 bridgehead atoms. The van der Waals surface area contributed by atoms with Gasteiger partial charge < -0.3 is 4.74 Å². The zero-order valence-corrected chi connectivity index (χ0v) is 13.5. The zero-order chi connectivity index (χ0) is 18.0. The Morgan fingerprint density at radius 3 is 2.20 bits per heavy atom. The molecule has 2 amide bonds. The smallest absolute Gasteiger partial charge is 0.261 e. The SMILES string of the molecule is CCCN1C(=O)c2ccc(Oc3ccc(C=O)c(C=O)c3)cc2C1=O. The van der Waals surface area contributed by atoms with Crippen LogP contribution >= 0.6 is 0 Å². The van der Waals surface area contributed by atoms with Crippen LogP contribution in [0.4, 0.5) is 0 Å². The van der Waals surface area contributed by atoms with Gasteiger partial charge in [-0.2, -0.15) is 0 Å². The molecule has 3 rings (SSSR count). The van der Waals surface area contributed by atoms with Gasteiger partial charge in [-0.15, -0.1) is 0 Å². The first kappa shape index (κ1) is 16.6. The van der Waals surface area contributed by atoms with Crippen molar-refractivity contribution in [2.75, 3.05) is 6.54 Å². The van der Waals surface area contributed by atoms with Crippen LogP contribution in [0.2, 0.25) is 0 Å². The van der Waals surface area contributed by atoms with E-state index in [0.29, 0.717) is 48.2 Å². The molecule has 0 atom stereocenters. The first-order valence-corrected chi connectivity index (χ1v) is 7.81. The van der Waals surface area contributed by atoms with Crippen LogP contribution in [0.5, 0.6) is 11.5 Å². The van der Waals surface area contributed by atoms with Gasteiger partial charge in [-0.1, -0.05) is 6.92 Å². The second-order valence-electron chi connectivity index (χ2n) is 5.60. The number of imide groups is 1. The number of carbonyl (C=O) groups is 4. The summed E-state index contributed by atoms with van der Waals surface area (Å²) in [5.41, 5.74) is 1.15. The molecule has 1 aliphatic heterocycles. The standard InChI is InChI=1S/C19H15NO5/c1-2-7-20-18(23)16-6-5-15(9-17(16)19(20)24)25-14-4-3-12(10-21)13(8-14)11-22/h3-6,8-11H,2,7H2,1H3. The average Bonchev–Trinajstić information content (AvgIpc) is 2.86. The van der Waals surface area contributed by atoms with Crippen LogP contribution < -0.4 is 4.74 Å². The van der Waals surface area contributed by atoms with Crippen LogP contribution in [0.15, 0.2) is 36.4 Å². The summed E-state index contributed by atoms with van der Waals surface area (Å²) in [7, 11) is 0. The minimum Gasteiger partial charge on any atom is -0.457 e. The first-order valence-electron chi connectivity index (χ1n) is 7.81. The number of ether oxygens (including phenoxy) is 1. The largest absolute Gasteiger partial charge is 0.457 e. The number of fused-ring (bicyclic) bond motifs is 1. The van der Waals surface area contributed by atoms with Crippen LogP contribution in [0.3, 0.4) is 0 Å². The van der Waals surface area contributed by atoms with E-state index in [2.05, 4.69) is 0 Å². The van der Waals surface area contributed by atoms with Crippen molar-refractivity contribution in [2.45, 2.75) is 13.3 Å². The molecule has 0 aromatic heterocycles. The summed E-state index contributed by atoms with van der Waals surface area (Å²) >= 11 is 0. The minimum atomic E-state index is -0.336. The number of benzene rings is 2. The van der Waals surface area contributed by atoms with Crippen LogP contribution in [0.1, 0.15) is 54.8 Å². The average molecular weight is 337 g/mol. The maximum Gasteiger partial charge on any atom is 0.261 e. The quantitative estimate of drug-likeness (QED) is 0.597. The normalized spacial score (nSPS) is 12.9. The van der Waals surface area contributed by atoms with Gasteiger partial charge in [0, 0.05) is 17.7 Å². The Labute approximate surface area is 144 Å². The van der Waals surface area contributed by atoms with Crippen LogP contribution in [0.25, 0.3) is 0 Å². The molecule has 0 unspecified atom stereocenters. The third-order valence-electron chi connectivity index (χ3n) is 3.94. The number of hydrogen-bond acceptors (Lipinski definition) is 5. The summed E-state index contributed by atoms with van der Waals surface area (Å²) in [6.07, 6.45) is 1.85. The Morgan fingerprint density at radius 2 is 1.52 bits per heavy atom. The zero-order valence-electron chi connectivity index (χ0n) is 13.5. The Balaban J connectivity index is 1.90. The van der Waals surface area contributed by atoms with Crippen molar-refractivity contribution in [1.29, 1.82) is 0 Å². The molecule has 0 N–H and O–H groups in total. The molecule has 2 aromatic rings. The molecular weight excluding hydrogens is 322 g/mol. The Morgan fingerprint density at radius 1 is 0.880 bits per heavy atom. The fourth-order valence-electron chi connectivity index (χ4n) is 2.72. The highest BCUT2D eigenvalue weighted by Gasteiger charge is 2.35. The summed E-state index contributed by atoms with van der Waals surface area (Å²) in [6, 6.07) is 9.14. The summed E-state index contributed by atoms with van der Waals surface area (Å²) in [6.45, 7) is 2.27. The lowest BCUT2D eigenvalue weighted by Crippen LogP contribution is -2.30. The molecule has 0 saturated carbocycles. The number of rotatable bonds is 6. The highest BCUT2D eigenvalue weighted by atomic mass is 16.5. The van der Waals surface area contributed by atoms with Crippen molar-refractivity contribution in [3.05, 3.63) is 58.7 Å². The Bertz CT molecular complexity index is 887. The van der Waals surface area contributed by atoms with Gasteiger partial charge in [0.15, 0.2) is 12.6 Å². The highest BCUT2D eigenvalue weighted by Crippen LogP contribution is 2.30. The Hall–Kier alpha value is -3.28. The van der Waals surface area contributed by atoms with E-state index in [1.54, 1.807) is 18.2 Å². The summed E-state index contributed by atoms with van der Waals surface area (Å²) < 4.78 is 5.67. The van der Waals surface area contributed by atoms with E-state index in [4.69, 9.17) is 4.74 Å². The van der Waals surface area contributed by atoms with Crippen molar-refractivity contribution in [3.8, 4) is 11.5 Å². The lowest BCUT2D eigenvalue weighted by atomic mass is 10.1. The van der Waals surface area contributed by atoms with E-state index in [9.17, 15) is 19.2 Å². The number of amides is 2. The van der Waals surface area contributed by atoms with Gasteiger partial charge in [-0.25, -0.2) is 0 Å². The minimum absolute atomic E-state index is 0.217. The molecule has 6 heteroatoms. The van der Waals surface area contributed by atoms with Gasteiger partial charge in [0.1, 0.15) is 11.5 Å². The third kappa shape index (κ3) is 2.94. The topological polar surface area (TPSA) is 80.8 Å². The number of nitrogens with zero attached hydrogens (tertiary/aromatic N) is 1. The molecular formula is C19H15NO5. The van der Waals surface area contributed by atoms with E-state index in [1.165, 1.54) is 23.1 Å². The first-order chi connectivity index (χ1) is 12.1. The van der Waals surface area contributed by atoms with Crippen LogP contribution in [0, 0.1) is 0 Å². The maximum absolute atomic E-state index is 12.4. The molecule has 126 valence electrons. The molecule has 0 saturated heterocycles. The number of aldehydes is 2. The van der Waals surface area contributed by atoms with E-state index in [0.717, 1.165) is 0 Å². The highest BCUT2D eigenvalue weighted by molar-refractivity contribution is 6.21. The van der Waals surface area contributed by atoms with Gasteiger partial charge in [0.25, 0.3) is 11.8 Å². The lowest BCUT2D eigenvalue weighted by molar-refractivity contribution is 0.0654. The van der Waals surface area contributed by atoms with Crippen molar-refractivity contribution >= 4 is 24.4 Å². The van der Waals surface area contributed by atoms with Crippen molar-refractivity contribution in [2.24, 2.45) is 0 Å². The molecule has 2 aromatic carbocycles. The van der Waals surface area contributed by atoms with Crippen molar-refractivity contribution in [3.63, 3.8) is 0 Å². The van der Waals surface area contributed by atoms with Crippen molar-refractivity contribution < 1.29 is 23.9 Å². The second-order valence-corrected chi connectivity index (χ2v) is 5.60. The molecule has 0 aliphatic carbocycles. The van der Waals surface area contributed by atoms with E-state index in [-0.39, 0.29) is 22.9 Å². The van der Waals surface area contributed by atoms with E-state index in [1.807, 2.05) is 6.92 Å². The fraction of sp³-hybridized carbons (Fsp3) is 0.158. The predicted octanol–water partition coefficient (Wildman–Crippen LogP) is 3.11. The van der Waals surface area contributed by atoms with Gasteiger partial charge >= 0.3 is 0 Å². The summed E-state index contributed by atoms with van der Waals surface area (Å²) in [5.74, 6) is 0.0907. The van der Waals surface area contributed by atoms with Crippen LogP contribution in [-0.2, 0) is 0 Å². The fourth-order valence-corrected chi connectivity index (χ4v) is 2.72.